The first-order chi connectivity index (χ1) is 16.6. The molecule has 0 atom stereocenters. The first kappa shape index (κ1) is 23.0. The first-order valence-electron chi connectivity index (χ1n) is 11.6. The highest BCUT2D eigenvalue weighted by Crippen LogP contribution is 2.41. The summed E-state index contributed by atoms with van der Waals surface area (Å²) in [5.41, 5.74) is 0.00223. The molecule has 2 amide bonds. The SMILES string of the molecule is CC(C)(C)OC(=O)N1CC2(CCN2C(=O)c2cc(Cc3n[nH]c(=O)c4ccccc34)ccc2F)C1. The Labute approximate surface area is 201 Å². The molecule has 0 saturated carbocycles. The summed E-state index contributed by atoms with van der Waals surface area (Å²) in [5, 5.41) is 7.93. The van der Waals surface area contributed by atoms with Gasteiger partial charge in [-0.1, -0.05) is 24.3 Å². The second kappa shape index (κ2) is 8.18. The number of fused-ring (bicyclic) bond motifs is 1. The van der Waals surface area contributed by atoms with Gasteiger partial charge in [0.05, 0.1) is 22.2 Å². The molecular weight excluding hydrogens is 451 g/mol. The summed E-state index contributed by atoms with van der Waals surface area (Å²) in [7, 11) is 0. The molecule has 2 saturated heterocycles. The largest absolute Gasteiger partial charge is 0.444 e. The number of ether oxygens (including phenoxy) is 1. The van der Waals surface area contributed by atoms with Gasteiger partial charge in [-0.05, 0) is 51.0 Å². The molecule has 182 valence electrons. The van der Waals surface area contributed by atoms with Gasteiger partial charge in [0.1, 0.15) is 11.4 Å². The van der Waals surface area contributed by atoms with Gasteiger partial charge in [-0.2, -0.15) is 5.10 Å². The van der Waals surface area contributed by atoms with Crippen molar-refractivity contribution in [2.75, 3.05) is 19.6 Å². The quantitative estimate of drug-likeness (QED) is 0.622. The lowest BCUT2D eigenvalue weighted by atomic mass is 9.77. The Balaban J connectivity index is 1.34. The average molecular weight is 479 g/mol. The number of hydrogen-bond acceptors (Lipinski definition) is 5. The van der Waals surface area contributed by atoms with E-state index < -0.39 is 29.0 Å². The zero-order valence-electron chi connectivity index (χ0n) is 19.9. The number of H-pyrrole nitrogens is 1. The smallest absolute Gasteiger partial charge is 0.410 e. The van der Waals surface area contributed by atoms with Gasteiger partial charge < -0.3 is 14.5 Å². The number of nitrogens with zero attached hydrogens (tertiary/aromatic N) is 3. The highest BCUT2D eigenvalue weighted by Gasteiger charge is 2.57. The van der Waals surface area contributed by atoms with Crippen LogP contribution in [0, 0.1) is 5.82 Å². The molecule has 35 heavy (non-hydrogen) atoms. The average Bonchev–Trinajstić information content (AvgIpc) is 2.74. The molecule has 2 aromatic carbocycles. The molecule has 0 radical (unpaired) electrons. The molecule has 2 fully saturated rings. The van der Waals surface area contributed by atoms with E-state index in [4.69, 9.17) is 4.74 Å². The standard InChI is InChI=1S/C26H27FN4O4/c1-25(2,3)35-24(34)30-14-26(15-30)10-11-31(26)23(33)19-12-16(8-9-20(19)27)13-21-17-6-4-5-7-18(17)22(32)29-28-21/h4-9,12H,10-11,13-15H2,1-3H3,(H,29,32). The molecule has 8 nitrogen and oxygen atoms in total. The predicted molar refractivity (Wildman–Crippen MR) is 128 cm³/mol. The number of aromatic amines is 1. The van der Waals surface area contributed by atoms with Crippen molar-refractivity contribution in [2.45, 2.75) is 44.8 Å². The van der Waals surface area contributed by atoms with Crippen molar-refractivity contribution in [3.05, 3.63) is 75.5 Å². The molecule has 2 aliphatic heterocycles. The van der Waals surface area contributed by atoms with Crippen LogP contribution < -0.4 is 5.56 Å². The minimum absolute atomic E-state index is 0.00831. The molecule has 3 heterocycles. The molecule has 0 unspecified atom stereocenters. The zero-order valence-corrected chi connectivity index (χ0v) is 19.9. The molecule has 5 rings (SSSR count). The highest BCUT2D eigenvalue weighted by molar-refractivity contribution is 5.96. The van der Waals surface area contributed by atoms with Crippen LogP contribution in [0.3, 0.4) is 0 Å². The number of nitrogens with one attached hydrogen (secondary N) is 1. The third-order valence-corrected chi connectivity index (χ3v) is 6.65. The molecule has 0 bridgehead atoms. The van der Waals surface area contributed by atoms with Crippen molar-refractivity contribution in [1.29, 1.82) is 0 Å². The molecule has 3 aromatic rings. The Morgan fingerprint density at radius 2 is 1.86 bits per heavy atom. The van der Waals surface area contributed by atoms with Crippen molar-refractivity contribution >= 4 is 22.8 Å². The normalized spacial score (nSPS) is 16.7. The van der Waals surface area contributed by atoms with Crippen LogP contribution in [-0.2, 0) is 11.2 Å². The van der Waals surface area contributed by atoms with E-state index in [-0.39, 0.29) is 11.1 Å². The van der Waals surface area contributed by atoms with Crippen molar-refractivity contribution in [3.8, 4) is 0 Å². The molecule has 9 heteroatoms. The summed E-state index contributed by atoms with van der Waals surface area (Å²) in [6, 6.07) is 11.6. The van der Waals surface area contributed by atoms with Crippen LogP contribution >= 0.6 is 0 Å². The fourth-order valence-electron chi connectivity index (χ4n) is 4.80. The van der Waals surface area contributed by atoms with Crippen LogP contribution in [-0.4, -0.2) is 62.8 Å². The zero-order chi connectivity index (χ0) is 25.0. The molecule has 1 spiro atoms. The van der Waals surface area contributed by atoms with E-state index in [0.717, 1.165) is 6.42 Å². The second-order valence-corrected chi connectivity index (χ2v) is 10.3. The van der Waals surface area contributed by atoms with Crippen LogP contribution in [0.2, 0.25) is 0 Å². The van der Waals surface area contributed by atoms with Gasteiger partial charge in [0.2, 0.25) is 0 Å². The number of carbonyl (C=O) groups excluding carboxylic acids is 2. The molecule has 0 aliphatic carbocycles. The van der Waals surface area contributed by atoms with E-state index >= 15 is 0 Å². The predicted octanol–water partition coefficient (Wildman–Crippen LogP) is 3.49. The maximum absolute atomic E-state index is 14.8. The Morgan fingerprint density at radius 1 is 1.14 bits per heavy atom. The monoisotopic (exact) mass is 478 g/mol. The van der Waals surface area contributed by atoms with Crippen LogP contribution in [0.15, 0.2) is 47.3 Å². The fourth-order valence-corrected chi connectivity index (χ4v) is 4.80. The summed E-state index contributed by atoms with van der Waals surface area (Å²) in [5.74, 6) is -0.984. The van der Waals surface area contributed by atoms with Crippen molar-refractivity contribution < 1.29 is 18.7 Å². The van der Waals surface area contributed by atoms with E-state index in [9.17, 15) is 18.8 Å². The topological polar surface area (TPSA) is 95.6 Å². The van der Waals surface area contributed by atoms with E-state index in [1.165, 1.54) is 6.07 Å². The van der Waals surface area contributed by atoms with E-state index in [1.54, 1.807) is 54.8 Å². The third kappa shape index (κ3) is 4.15. The number of hydrogen-bond donors (Lipinski definition) is 1. The lowest BCUT2D eigenvalue weighted by molar-refractivity contribution is -0.0995. The summed E-state index contributed by atoms with van der Waals surface area (Å²) in [6.07, 6.45) is 0.679. The number of benzene rings is 2. The minimum Gasteiger partial charge on any atom is -0.444 e. The Bertz CT molecular complexity index is 1390. The second-order valence-electron chi connectivity index (χ2n) is 10.3. The lowest BCUT2D eigenvalue weighted by Gasteiger charge is -2.62. The fraction of sp³-hybridized carbons (Fsp3) is 0.385. The van der Waals surface area contributed by atoms with E-state index in [0.29, 0.717) is 48.1 Å². The molecule has 2 aliphatic rings. The van der Waals surface area contributed by atoms with Gasteiger partial charge in [0.25, 0.3) is 11.5 Å². The van der Waals surface area contributed by atoms with Crippen molar-refractivity contribution in [1.82, 2.24) is 20.0 Å². The lowest BCUT2D eigenvalue weighted by Crippen LogP contribution is -2.78. The van der Waals surface area contributed by atoms with Gasteiger partial charge in [0, 0.05) is 31.4 Å². The van der Waals surface area contributed by atoms with E-state index in [1.807, 2.05) is 12.1 Å². The number of rotatable bonds is 3. The number of amides is 2. The highest BCUT2D eigenvalue weighted by atomic mass is 19.1. The minimum atomic E-state index is -0.594. The van der Waals surface area contributed by atoms with Gasteiger partial charge in [0.15, 0.2) is 0 Å². The number of halogens is 1. The molecule has 1 aromatic heterocycles. The van der Waals surface area contributed by atoms with E-state index in [2.05, 4.69) is 10.2 Å². The van der Waals surface area contributed by atoms with Crippen LogP contribution in [0.1, 0.15) is 48.8 Å². The third-order valence-electron chi connectivity index (χ3n) is 6.65. The Hall–Kier alpha value is -3.75. The van der Waals surface area contributed by atoms with Crippen LogP contribution in [0.25, 0.3) is 10.8 Å². The van der Waals surface area contributed by atoms with Gasteiger partial charge in [-0.15, -0.1) is 0 Å². The maximum atomic E-state index is 14.8. The Kier molecular flexibility index (Phi) is 5.38. The number of likely N-dealkylation sites (tertiary alicyclic amines) is 2. The van der Waals surface area contributed by atoms with Gasteiger partial charge in [-0.25, -0.2) is 14.3 Å². The number of carbonyl (C=O) groups is 2. The number of aromatic nitrogens is 2. The summed E-state index contributed by atoms with van der Waals surface area (Å²) < 4.78 is 20.2. The maximum Gasteiger partial charge on any atom is 0.410 e. The van der Waals surface area contributed by atoms with Gasteiger partial charge >= 0.3 is 6.09 Å². The van der Waals surface area contributed by atoms with Gasteiger partial charge in [-0.3, -0.25) is 9.59 Å². The first-order valence-corrected chi connectivity index (χ1v) is 11.6. The summed E-state index contributed by atoms with van der Waals surface area (Å²) in [6.45, 7) is 6.68. The molecule has 1 N–H and O–H groups in total. The molecular formula is C26H27FN4O4. The summed E-state index contributed by atoms with van der Waals surface area (Å²) in [4.78, 5) is 40.9. The van der Waals surface area contributed by atoms with Crippen LogP contribution in [0.5, 0.6) is 0 Å². The van der Waals surface area contributed by atoms with Crippen molar-refractivity contribution in [2.24, 2.45) is 0 Å². The summed E-state index contributed by atoms with van der Waals surface area (Å²) >= 11 is 0. The van der Waals surface area contributed by atoms with Crippen LogP contribution in [0.4, 0.5) is 9.18 Å². The van der Waals surface area contributed by atoms with Crippen molar-refractivity contribution in [3.63, 3.8) is 0 Å². The Morgan fingerprint density at radius 3 is 2.51 bits per heavy atom.